The van der Waals surface area contributed by atoms with Gasteiger partial charge in [0.2, 0.25) is 0 Å². The molecule has 5 nitrogen and oxygen atoms in total. The van der Waals surface area contributed by atoms with Crippen molar-refractivity contribution in [2.45, 2.75) is 68.1 Å². The van der Waals surface area contributed by atoms with E-state index in [1.54, 1.807) is 4.31 Å². The SMILES string of the molecule is O=C(NC1CCCCC1)NC1CCN(S(=O)c2cccc(C(F)(F)F)c2)CC1. The molecule has 2 aliphatic rings. The van der Waals surface area contributed by atoms with E-state index >= 15 is 0 Å². The van der Waals surface area contributed by atoms with Gasteiger partial charge in [0.15, 0.2) is 0 Å². The molecule has 2 amide bonds. The van der Waals surface area contributed by atoms with E-state index in [9.17, 15) is 22.2 Å². The van der Waals surface area contributed by atoms with Crippen LogP contribution in [0.4, 0.5) is 18.0 Å². The molecular formula is C19H26F3N3O2S. The smallest absolute Gasteiger partial charge is 0.335 e. The van der Waals surface area contributed by atoms with Gasteiger partial charge in [0.05, 0.1) is 10.5 Å². The molecular weight excluding hydrogens is 391 g/mol. The zero-order chi connectivity index (χ0) is 20.1. The monoisotopic (exact) mass is 417 g/mol. The Morgan fingerprint density at radius 3 is 2.21 bits per heavy atom. The number of benzene rings is 1. The fraction of sp³-hybridized carbons (Fsp3) is 0.632. The average molecular weight is 417 g/mol. The highest BCUT2D eigenvalue weighted by Gasteiger charge is 2.32. The third kappa shape index (κ3) is 5.70. The topological polar surface area (TPSA) is 61.4 Å². The molecule has 1 saturated heterocycles. The largest absolute Gasteiger partial charge is 0.416 e. The van der Waals surface area contributed by atoms with E-state index in [4.69, 9.17) is 0 Å². The zero-order valence-electron chi connectivity index (χ0n) is 15.6. The third-order valence-electron chi connectivity index (χ3n) is 5.33. The summed E-state index contributed by atoms with van der Waals surface area (Å²) >= 11 is 0. The van der Waals surface area contributed by atoms with E-state index < -0.39 is 22.7 Å². The first-order chi connectivity index (χ1) is 13.3. The molecule has 1 atom stereocenters. The Morgan fingerprint density at radius 2 is 1.61 bits per heavy atom. The number of urea groups is 1. The molecule has 0 radical (unpaired) electrons. The number of hydrogen-bond acceptors (Lipinski definition) is 2. The van der Waals surface area contributed by atoms with Crippen LogP contribution in [-0.2, 0) is 17.2 Å². The first kappa shape index (κ1) is 21.1. The van der Waals surface area contributed by atoms with Crippen molar-refractivity contribution in [2.75, 3.05) is 13.1 Å². The van der Waals surface area contributed by atoms with Gasteiger partial charge < -0.3 is 10.6 Å². The normalized spacial score (nSPS) is 21.2. The summed E-state index contributed by atoms with van der Waals surface area (Å²) in [5.41, 5.74) is -0.797. The maximum absolute atomic E-state index is 12.9. The van der Waals surface area contributed by atoms with E-state index in [-0.39, 0.29) is 23.0 Å². The molecule has 156 valence electrons. The van der Waals surface area contributed by atoms with Gasteiger partial charge in [0.25, 0.3) is 0 Å². The van der Waals surface area contributed by atoms with Crippen LogP contribution >= 0.6 is 0 Å². The standard InChI is InChI=1S/C19H26F3N3O2S/c20-19(21,22)14-5-4-8-17(13-14)28(27)25-11-9-16(10-12-25)24-18(26)23-15-6-2-1-3-7-15/h4-5,8,13,15-16H,1-3,6-7,9-12H2,(H2,23,24,26). The third-order valence-corrected chi connectivity index (χ3v) is 6.82. The number of piperidine rings is 1. The summed E-state index contributed by atoms with van der Waals surface area (Å²) in [4.78, 5) is 12.3. The van der Waals surface area contributed by atoms with Gasteiger partial charge in [-0.25, -0.2) is 13.3 Å². The highest BCUT2D eigenvalue weighted by atomic mass is 32.2. The van der Waals surface area contributed by atoms with Gasteiger partial charge in [-0.3, -0.25) is 0 Å². The van der Waals surface area contributed by atoms with Crippen LogP contribution in [0.1, 0.15) is 50.5 Å². The number of rotatable bonds is 4. The second kappa shape index (κ2) is 9.26. The minimum absolute atomic E-state index is 0.0154. The molecule has 2 N–H and O–H groups in total. The molecule has 28 heavy (non-hydrogen) atoms. The van der Waals surface area contributed by atoms with Gasteiger partial charge in [-0.05, 0) is 43.9 Å². The van der Waals surface area contributed by atoms with E-state index in [1.807, 2.05) is 0 Å². The lowest BCUT2D eigenvalue weighted by Gasteiger charge is -2.32. The van der Waals surface area contributed by atoms with Crippen LogP contribution < -0.4 is 10.6 Å². The van der Waals surface area contributed by atoms with E-state index in [0.717, 1.165) is 37.8 Å². The summed E-state index contributed by atoms with van der Waals surface area (Å²) in [5.74, 6) is 0. The molecule has 0 aromatic heterocycles. The Balaban J connectivity index is 1.48. The average Bonchev–Trinajstić information content (AvgIpc) is 2.68. The number of halogens is 3. The molecule has 3 rings (SSSR count). The van der Waals surface area contributed by atoms with Crippen LogP contribution in [0.3, 0.4) is 0 Å². The summed E-state index contributed by atoms with van der Waals surface area (Å²) in [6.45, 7) is 0.911. The van der Waals surface area contributed by atoms with Crippen molar-refractivity contribution in [3.8, 4) is 0 Å². The molecule has 1 heterocycles. The quantitative estimate of drug-likeness (QED) is 0.782. The molecule has 1 aromatic rings. The van der Waals surface area contributed by atoms with Crippen LogP contribution in [0.15, 0.2) is 29.2 Å². The van der Waals surface area contributed by atoms with Crippen LogP contribution in [0.2, 0.25) is 0 Å². The Kier molecular flexibility index (Phi) is 6.98. The zero-order valence-corrected chi connectivity index (χ0v) is 16.5. The number of amides is 2. The molecule has 0 bridgehead atoms. The van der Waals surface area contributed by atoms with Crippen molar-refractivity contribution in [3.05, 3.63) is 29.8 Å². The van der Waals surface area contributed by atoms with Gasteiger partial charge >= 0.3 is 12.2 Å². The van der Waals surface area contributed by atoms with Gasteiger partial charge in [-0.2, -0.15) is 13.2 Å². The van der Waals surface area contributed by atoms with Crippen molar-refractivity contribution < 1.29 is 22.2 Å². The molecule has 1 saturated carbocycles. The minimum Gasteiger partial charge on any atom is -0.335 e. The van der Waals surface area contributed by atoms with Gasteiger partial charge in [-0.15, -0.1) is 0 Å². The van der Waals surface area contributed by atoms with Crippen molar-refractivity contribution in [1.82, 2.24) is 14.9 Å². The van der Waals surface area contributed by atoms with Crippen molar-refractivity contribution in [1.29, 1.82) is 0 Å². The first-order valence-corrected chi connectivity index (χ1v) is 10.8. The van der Waals surface area contributed by atoms with Crippen molar-refractivity contribution in [3.63, 3.8) is 0 Å². The molecule has 9 heteroatoms. The molecule has 1 unspecified atom stereocenters. The van der Waals surface area contributed by atoms with Gasteiger partial charge in [-0.1, -0.05) is 25.3 Å². The summed E-state index contributed by atoms with van der Waals surface area (Å²) in [7, 11) is -1.64. The second-order valence-electron chi connectivity index (χ2n) is 7.43. The maximum Gasteiger partial charge on any atom is 0.416 e. The molecule has 2 fully saturated rings. The van der Waals surface area contributed by atoms with Crippen LogP contribution in [0, 0.1) is 0 Å². The molecule has 1 aromatic carbocycles. The summed E-state index contributed by atoms with van der Waals surface area (Å²) < 4.78 is 52.9. The lowest BCUT2D eigenvalue weighted by molar-refractivity contribution is -0.137. The Morgan fingerprint density at radius 1 is 1.00 bits per heavy atom. The van der Waals surface area contributed by atoms with E-state index in [2.05, 4.69) is 10.6 Å². The van der Waals surface area contributed by atoms with Crippen LogP contribution in [0.5, 0.6) is 0 Å². The summed E-state index contributed by atoms with van der Waals surface area (Å²) in [6, 6.07) is 4.71. The first-order valence-electron chi connectivity index (χ1n) is 9.74. The number of alkyl halides is 3. The number of nitrogens with zero attached hydrogens (tertiary/aromatic N) is 1. The summed E-state index contributed by atoms with van der Waals surface area (Å²) in [6.07, 6.45) is 2.31. The second-order valence-corrected chi connectivity index (χ2v) is 8.92. The number of carbonyl (C=O) groups excluding carboxylic acids is 1. The van der Waals surface area contributed by atoms with Crippen molar-refractivity contribution >= 4 is 17.0 Å². The molecule has 1 aliphatic heterocycles. The predicted molar refractivity (Wildman–Crippen MR) is 101 cm³/mol. The number of nitrogens with one attached hydrogen (secondary N) is 2. The highest BCUT2D eigenvalue weighted by molar-refractivity contribution is 7.82. The molecule has 0 spiro atoms. The Bertz CT molecular complexity index is 700. The number of carbonyl (C=O) groups is 1. The van der Waals surface area contributed by atoms with Crippen molar-refractivity contribution in [2.24, 2.45) is 0 Å². The maximum atomic E-state index is 12.9. The lowest BCUT2D eigenvalue weighted by Crippen LogP contribution is -2.50. The fourth-order valence-electron chi connectivity index (χ4n) is 3.76. The van der Waals surface area contributed by atoms with Gasteiger partial charge in [0, 0.05) is 25.2 Å². The highest BCUT2D eigenvalue weighted by Crippen LogP contribution is 2.30. The Labute approximate surface area is 165 Å². The summed E-state index contributed by atoms with van der Waals surface area (Å²) in [5, 5.41) is 5.99. The number of hydrogen-bond donors (Lipinski definition) is 2. The molecule has 1 aliphatic carbocycles. The minimum atomic E-state index is -4.46. The lowest BCUT2D eigenvalue weighted by atomic mass is 9.96. The predicted octanol–water partition coefficient (Wildman–Crippen LogP) is 3.82. The van der Waals surface area contributed by atoms with Gasteiger partial charge in [0.1, 0.15) is 11.0 Å². The van der Waals surface area contributed by atoms with Crippen LogP contribution in [-0.4, -0.2) is 39.7 Å². The van der Waals surface area contributed by atoms with E-state index in [0.29, 0.717) is 25.9 Å². The Hall–Kier alpha value is -1.61. The fourth-order valence-corrected chi connectivity index (χ4v) is 5.02. The van der Waals surface area contributed by atoms with E-state index in [1.165, 1.54) is 18.6 Å². The van der Waals surface area contributed by atoms with Crippen LogP contribution in [0.25, 0.3) is 0 Å².